The van der Waals surface area contributed by atoms with Gasteiger partial charge in [-0.2, -0.15) is 0 Å². The Labute approximate surface area is 139 Å². The van der Waals surface area contributed by atoms with Gasteiger partial charge in [-0.25, -0.2) is 4.79 Å². The molecule has 1 aromatic heterocycles. The van der Waals surface area contributed by atoms with E-state index in [1.54, 1.807) is 43.8 Å². The second-order valence-corrected chi connectivity index (χ2v) is 5.51. The minimum atomic E-state index is -0.410. The summed E-state index contributed by atoms with van der Waals surface area (Å²) in [6.07, 6.45) is 3.01. The summed E-state index contributed by atoms with van der Waals surface area (Å²) in [7, 11) is 4.62. The van der Waals surface area contributed by atoms with Crippen molar-refractivity contribution in [3.63, 3.8) is 0 Å². The first-order valence-electron chi connectivity index (χ1n) is 6.85. The topological polar surface area (TPSA) is 54.0 Å². The number of benzene rings is 1. The smallest absolute Gasteiger partial charge is 0.331 e. The van der Waals surface area contributed by atoms with Crippen molar-refractivity contribution in [1.82, 2.24) is 0 Å². The first-order valence-corrected chi connectivity index (χ1v) is 7.73. The minimum absolute atomic E-state index is 0.274. The van der Waals surface area contributed by atoms with E-state index in [1.165, 1.54) is 13.2 Å². The van der Waals surface area contributed by atoms with Crippen molar-refractivity contribution >= 4 is 23.4 Å². The Morgan fingerprint density at radius 1 is 1.13 bits per heavy atom. The maximum absolute atomic E-state index is 11.8. The van der Waals surface area contributed by atoms with Crippen molar-refractivity contribution in [3.05, 3.63) is 46.2 Å². The number of thiophene rings is 1. The average Bonchev–Trinajstić information content (AvgIpc) is 3.10. The van der Waals surface area contributed by atoms with Gasteiger partial charge < -0.3 is 18.9 Å². The van der Waals surface area contributed by atoms with Crippen LogP contribution in [0.5, 0.6) is 17.2 Å². The van der Waals surface area contributed by atoms with Crippen molar-refractivity contribution in [2.75, 3.05) is 21.3 Å². The Kier molecular flexibility index (Phi) is 6.05. The van der Waals surface area contributed by atoms with Gasteiger partial charge in [0.1, 0.15) is 6.61 Å². The molecule has 0 amide bonds. The van der Waals surface area contributed by atoms with Crippen LogP contribution in [0.2, 0.25) is 0 Å². The van der Waals surface area contributed by atoms with Crippen LogP contribution < -0.4 is 14.2 Å². The van der Waals surface area contributed by atoms with E-state index in [9.17, 15) is 4.79 Å². The number of hydrogen-bond acceptors (Lipinski definition) is 6. The summed E-state index contributed by atoms with van der Waals surface area (Å²) in [6, 6.07) is 7.34. The van der Waals surface area contributed by atoms with Crippen LogP contribution >= 0.6 is 11.3 Å². The molecule has 0 aliphatic carbocycles. The van der Waals surface area contributed by atoms with E-state index in [0.29, 0.717) is 17.2 Å². The number of rotatable bonds is 7. The van der Waals surface area contributed by atoms with Gasteiger partial charge in [0.05, 0.1) is 21.3 Å². The summed E-state index contributed by atoms with van der Waals surface area (Å²) in [6.45, 7) is 0.274. The highest BCUT2D eigenvalue weighted by atomic mass is 32.1. The molecule has 0 saturated heterocycles. The number of ether oxygens (including phenoxy) is 4. The maximum atomic E-state index is 11.8. The van der Waals surface area contributed by atoms with Crippen LogP contribution in [0.3, 0.4) is 0 Å². The van der Waals surface area contributed by atoms with Crippen LogP contribution in [-0.4, -0.2) is 27.3 Å². The fourth-order valence-corrected chi connectivity index (χ4v) is 2.56. The summed E-state index contributed by atoms with van der Waals surface area (Å²) in [5.41, 5.74) is 0.743. The number of hydrogen-bond donors (Lipinski definition) is 0. The third-order valence-corrected chi connectivity index (χ3v) is 3.89. The van der Waals surface area contributed by atoms with E-state index in [4.69, 9.17) is 18.9 Å². The molecule has 0 N–H and O–H groups in total. The van der Waals surface area contributed by atoms with Crippen LogP contribution in [0, 0.1) is 0 Å². The molecule has 0 unspecified atom stereocenters. The molecule has 0 fully saturated rings. The van der Waals surface area contributed by atoms with E-state index in [2.05, 4.69) is 0 Å². The monoisotopic (exact) mass is 334 g/mol. The summed E-state index contributed by atoms with van der Waals surface area (Å²) in [5, 5.41) is 1.94. The molecule has 0 atom stereocenters. The van der Waals surface area contributed by atoms with Crippen LogP contribution in [0.25, 0.3) is 6.08 Å². The molecule has 23 heavy (non-hydrogen) atoms. The van der Waals surface area contributed by atoms with Crippen molar-refractivity contribution in [3.8, 4) is 17.2 Å². The molecule has 5 nitrogen and oxygen atoms in total. The number of carbonyl (C=O) groups excluding carboxylic acids is 1. The molecule has 0 saturated carbocycles. The SMILES string of the molecule is COc1cc(/C=C/C(=O)OCc2cccs2)cc(OC)c1OC. The van der Waals surface area contributed by atoms with E-state index in [1.807, 2.05) is 17.5 Å². The molecule has 0 bridgehead atoms. The molecule has 0 spiro atoms. The number of esters is 1. The second-order valence-electron chi connectivity index (χ2n) is 4.48. The van der Waals surface area contributed by atoms with Gasteiger partial charge in [0.25, 0.3) is 0 Å². The van der Waals surface area contributed by atoms with Crippen LogP contribution in [-0.2, 0) is 16.1 Å². The highest BCUT2D eigenvalue weighted by molar-refractivity contribution is 7.09. The summed E-state index contributed by atoms with van der Waals surface area (Å²) < 4.78 is 21.0. The Morgan fingerprint density at radius 2 is 1.83 bits per heavy atom. The van der Waals surface area contributed by atoms with Gasteiger partial charge in [0.2, 0.25) is 5.75 Å². The lowest BCUT2D eigenvalue weighted by Gasteiger charge is -2.12. The predicted octanol–water partition coefficient (Wildman–Crippen LogP) is 3.53. The molecule has 122 valence electrons. The van der Waals surface area contributed by atoms with Crippen molar-refractivity contribution < 1.29 is 23.7 Å². The van der Waals surface area contributed by atoms with Crippen molar-refractivity contribution in [2.24, 2.45) is 0 Å². The summed E-state index contributed by atoms with van der Waals surface area (Å²) in [5.74, 6) is 1.15. The van der Waals surface area contributed by atoms with Gasteiger partial charge in [0.15, 0.2) is 11.5 Å². The Morgan fingerprint density at radius 3 is 2.35 bits per heavy atom. The van der Waals surface area contributed by atoms with E-state index in [0.717, 1.165) is 10.4 Å². The highest BCUT2D eigenvalue weighted by Crippen LogP contribution is 2.38. The van der Waals surface area contributed by atoms with Crippen LogP contribution in [0.15, 0.2) is 35.7 Å². The van der Waals surface area contributed by atoms with Gasteiger partial charge in [0, 0.05) is 11.0 Å². The van der Waals surface area contributed by atoms with Gasteiger partial charge in [-0.3, -0.25) is 0 Å². The molecule has 2 aromatic rings. The van der Waals surface area contributed by atoms with E-state index < -0.39 is 5.97 Å². The normalized spacial score (nSPS) is 10.6. The van der Waals surface area contributed by atoms with E-state index in [-0.39, 0.29) is 6.61 Å². The predicted molar refractivity (Wildman–Crippen MR) is 89.2 cm³/mol. The molecule has 0 radical (unpaired) electrons. The Balaban J connectivity index is 2.07. The van der Waals surface area contributed by atoms with Crippen molar-refractivity contribution in [1.29, 1.82) is 0 Å². The lowest BCUT2D eigenvalue weighted by Crippen LogP contribution is -1.99. The number of methoxy groups -OCH3 is 3. The standard InChI is InChI=1S/C17H18O5S/c1-19-14-9-12(10-15(20-2)17(14)21-3)6-7-16(18)22-11-13-5-4-8-23-13/h4-10H,11H2,1-3H3/b7-6+. The molecule has 1 aromatic carbocycles. The van der Waals surface area contributed by atoms with Crippen molar-refractivity contribution in [2.45, 2.75) is 6.61 Å². The second kappa shape index (κ2) is 8.24. The fraction of sp³-hybridized carbons (Fsp3) is 0.235. The molecule has 2 rings (SSSR count). The van der Waals surface area contributed by atoms with Crippen LogP contribution in [0.4, 0.5) is 0 Å². The Hall–Kier alpha value is -2.47. The molecule has 6 heteroatoms. The lowest BCUT2D eigenvalue weighted by molar-refractivity contribution is -0.138. The Bertz CT molecular complexity index is 651. The lowest BCUT2D eigenvalue weighted by atomic mass is 10.1. The molecule has 0 aliphatic heterocycles. The first kappa shape index (κ1) is 16.9. The first-order chi connectivity index (χ1) is 11.2. The minimum Gasteiger partial charge on any atom is -0.493 e. The van der Waals surface area contributed by atoms with Gasteiger partial charge >= 0.3 is 5.97 Å². The molecule has 1 heterocycles. The largest absolute Gasteiger partial charge is 0.493 e. The van der Waals surface area contributed by atoms with Gasteiger partial charge in [-0.05, 0) is 35.2 Å². The van der Waals surface area contributed by atoms with Crippen LogP contribution in [0.1, 0.15) is 10.4 Å². The highest BCUT2D eigenvalue weighted by Gasteiger charge is 2.12. The fourth-order valence-electron chi connectivity index (χ4n) is 1.95. The molecular weight excluding hydrogens is 316 g/mol. The average molecular weight is 334 g/mol. The third kappa shape index (κ3) is 4.50. The molecule has 0 aliphatic rings. The zero-order valence-electron chi connectivity index (χ0n) is 13.2. The third-order valence-electron chi connectivity index (χ3n) is 3.04. The zero-order chi connectivity index (χ0) is 16.7. The molecular formula is C17H18O5S. The number of carbonyl (C=O) groups is 1. The summed E-state index contributed by atoms with van der Waals surface area (Å²) in [4.78, 5) is 12.8. The zero-order valence-corrected chi connectivity index (χ0v) is 14.0. The van der Waals surface area contributed by atoms with Gasteiger partial charge in [-0.1, -0.05) is 6.07 Å². The maximum Gasteiger partial charge on any atom is 0.331 e. The quantitative estimate of drug-likeness (QED) is 0.573. The summed E-state index contributed by atoms with van der Waals surface area (Å²) >= 11 is 1.55. The van der Waals surface area contributed by atoms with E-state index >= 15 is 0 Å². The van der Waals surface area contributed by atoms with Gasteiger partial charge in [-0.15, -0.1) is 11.3 Å².